The van der Waals surface area contributed by atoms with Gasteiger partial charge in [-0.25, -0.2) is 0 Å². The number of nitrogens with zero attached hydrogens (tertiary/aromatic N) is 4. The Labute approximate surface area is 94.3 Å². The summed E-state index contributed by atoms with van der Waals surface area (Å²) in [5.41, 5.74) is 1.11. The summed E-state index contributed by atoms with van der Waals surface area (Å²) in [4.78, 5) is 5.10. The van der Waals surface area contributed by atoms with E-state index in [4.69, 9.17) is 0 Å². The standard InChI is InChI=1S/C10H16N6/c1-7-5-6-8(11-7)12-9-13-14-10(15(2)3)16(9)4/h5-6,11H,1-4H3,(H,12,13). The zero-order valence-electron chi connectivity index (χ0n) is 9.94. The van der Waals surface area contributed by atoms with Crippen molar-refractivity contribution in [3.05, 3.63) is 17.8 Å². The van der Waals surface area contributed by atoms with E-state index >= 15 is 0 Å². The summed E-state index contributed by atoms with van der Waals surface area (Å²) in [6.45, 7) is 2.01. The highest BCUT2D eigenvalue weighted by molar-refractivity contribution is 5.51. The minimum absolute atomic E-state index is 0.713. The minimum atomic E-state index is 0.713. The van der Waals surface area contributed by atoms with Gasteiger partial charge >= 0.3 is 0 Å². The lowest BCUT2D eigenvalue weighted by molar-refractivity contribution is 0.872. The van der Waals surface area contributed by atoms with Crippen molar-refractivity contribution >= 4 is 17.7 Å². The molecule has 0 fully saturated rings. The maximum Gasteiger partial charge on any atom is 0.231 e. The van der Waals surface area contributed by atoms with Crippen LogP contribution in [0.25, 0.3) is 0 Å². The van der Waals surface area contributed by atoms with Gasteiger partial charge < -0.3 is 15.2 Å². The van der Waals surface area contributed by atoms with Crippen LogP contribution in [0.2, 0.25) is 0 Å². The summed E-state index contributed by atoms with van der Waals surface area (Å²) in [6.07, 6.45) is 0. The van der Waals surface area contributed by atoms with Gasteiger partial charge in [-0.3, -0.25) is 4.57 Å². The van der Waals surface area contributed by atoms with Crippen molar-refractivity contribution in [2.45, 2.75) is 6.92 Å². The number of aromatic amines is 1. The van der Waals surface area contributed by atoms with Crippen molar-refractivity contribution in [3.63, 3.8) is 0 Å². The van der Waals surface area contributed by atoms with Crippen molar-refractivity contribution in [1.29, 1.82) is 0 Å². The van der Waals surface area contributed by atoms with Crippen LogP contribution in [-0.2, 0) is 7.05 Å². The molecule has 0 amide bonds. The second-order valence-corrected chi connectivity index (χ2v) is 3.96. The molecule has 2 N–H and O–H groups in total. The Hall–Kier alpha value is -1.98. The predicted molar refractivity (Wildman–Crippen MR) is 64.1 cm³/mol. The van der Waals surface area contributed by atoms with Crippen LogP contribution in [0.1, 0.15) is 5.69 Å². The monoisotopic (exact) mass is 220 g/mol. The molecule has 0 bridgehead atoms. The zero-order valence-corrected chi connectivity index (χ0v) is 9.94. The lowest BCUT2D eigenvalue weighted by atomic mass is 10.5. The SMILES string of the molecule is Cc1ccc(Nc2nnc(N(C)C)n2C)[nH]1. The van der Waals surface area contributed by atoms with Gasteiger partial charge in [0.15, 0.2) is 0 Å². The third-order valence-corrected chi connectivity index (χ3v) is 2.33. The third-order valence-electron chi connectivity index (χ3n) is 2.33. The average molecular weight is 220 g/mol. The van der Waals surface area contributed by atoms with Crippen LogP contribution < -0.4 is 10.2 Å². The molecule has 0 aromatic carbocycles. The Kier molecular flexibility index (Phi) is 2.55. The van der Waals surface area contributed by atoms with Crippen LogP contribution in [0.15, 0.2) is 12.1 Å². The molecule has 0 aliphatic carbocycles. The number of aromatic nitrogens is 4. The van der Waals surface area contributed by atoms with Gasteiger partial charge in [0.25, 0.3) is 0 Å². The first-order valence-corrected chi connectivity index (χ1v) is 5.07. The molecule has 0 saturated carbocycles. The van der Waals surface area contributed by atoms with Crippen molar-refractivity contribution < 1.29 is 0 Å². The first-order chi connectivity index (χ1) is 7.58. The van der Waals surface area contributed by atoms with Crippen LogP contribution in [0.5, 0.6) is 0 Å². The molecular weight excluding hydrogens is 204 g/mol. The lowest BCUT2D eigenvalue weighted by Crippen LogP contribution is -2.14. The molecule has 86 valence electrons. The Morgan fingerprint density at radius 3 is 2.56 bits per heavy atom. The molecule has 6 heteroatoms. The molecule has 2 heterocycles. The molecule has 0 atom stereocenters. The van der Waals surface area contributed by atoms with Crippen LogP contribution >= 0.6 is 0 Å². The largest absolute Gasteiger partial charge is 0.347 e. The molecular formula is C10H16N6. The normalized spacial score (nSPS) is 10.5. The number of H-pyrrole nitrogens is 1. The highest BCUT2D eigenvalue weighted by atomic mass is 15.4. The van der Waals surface area contributed by atoms with Crippen molar-refractivity contribution in [1.82, 2.24) is 19.7 Å². The molecule has 0 saturated heterocycles. The van der Waals surface area contributed by atoms with Gasteiger partial charge in [0, 0.05) is 26.8 Å². The summed E-state index contributed by atoms with van der Waals surface area (Å²) in [6, 6.07) is 3.98. The van der Waals surface area contributed by atoms with Gasteiger partial charge in [-0.05, 0) is 19.1 Å². The van der Waals surface area contributed by atoms with Crippen LogP contribution in [0.3, 0.4) is 0 Å². The molecule has 0 unspecified atom stereocenters. The van der Waals surface area contributed by atoms with E-state index in [9.17, 15) is 0 Å². The van der Waals surface area contributed by atoms with Gasteiger partial charge in [0.2, 0.25) is 11.9 Å². The smallest absolute Gasteiger partial charge is 0.231 e. The summed E-state index contributed by atoms with van der Waals surface area (Å²) >= 11 is 0. The first kappa shape index (κ1) is 10.5. The molecule has 16 heavy (non-hydrogen) atoms. The van der Waals surface area contributed by atoms with Crippen molar-refractivity contribution in [2.75, 3.05) is 24.3 Å². The molecule has 2 aromatic heterocycles. The third kappa shape index (κ3) is 1.86. The maximum absolute atomic E-state index is 4.08. The number of nitrogens with one attached hydrogen (secondary N) is 2. The second-order valence-electron chi connectivity index (χ2n) is 3.96. The molecule has 0 aliphatic heterocycles. The van der Waals surface area contributed by atoms with Crippen molar-refractivity contribution in [3.8, 4) is 0 Å². The Balaban J connectivity index is 2.22. The Morgan fingerprint density at radius 1 is 1.31 bits per heavy atom. The number of rotatable bonds is 3. The van der Waals surface area contributed by atoms with E-state index in [-0.39, 0.29) is 0 Å². The maximum atomic E-state index is 4.08. The Bertz CT molecular complexity index is 481. The number of hydrogen-bond acceptors (Lipinski definition) is 4. The van der Waals surface area contributed by atoms with E-state index in [2.05, 4.69) is 20.5 Å². The summed E-state index contributed by atoms with van der Waals surface area (Å²) in [7, 11) is 5.80. The summed E-state index contributed by atoms with van der Waals surface area (Å²) < 4.78 is 1.90. The van der Waals surface area contributed by atoms with Gasteiger partial charge in [-0.1, -0.05) is 0 Å². The van der Waals surface area contributed by atoms with Gasteiger partial charge in [-0.15, -0.1) is 10.2 Å². The molecule has 0 spiro atoms. The fourth-order valence-corrected chi connectivity index (χ4v) is 1.52. The fraction of sp³-hybridized carbons (Fsp3) is 0.400. The van der Waals surface area contributed by atoms with Crippen LogP contribution in [0, 0.1) is 6.92 Å². The molecule has 2 rings (SSSR count). The van der Waals surface area contributed by atoms with E-state index in [0.717, 1.165) is 17.5 Å². The predicted octanol–water partition coefficient (Wildman–Crippen LogP) is 1.26. The molecule has 0 radical (unpaired) electrons. The topological polar surface area (TPSA) is 61.8 Å². The van der Waals surface area contributed by atoms with E-state index in [0.29, 0.717) is 5.95 Å². The minimum Gasteiger partial charge on any atom is -0.347 e. The van der Waals surface area contributed by atoms with Gasteiger partial charge in [0.05, 0.1) is 0 Å². The lowest BCUT2D eigenvalue weighted by Gasteiger charge is -2.10. The van der Waals surface area contributed by atoms with E-state index in [1.165, 1.54) is 0 Å². The fourth-order valence-electron chi connectivity index (χ4n) is 1.52. The summed E-state index contributed by atoms with van der Waals surface area (Å²) in [5, 5.41) is 11.3. The zero-order chi connectivity index (χ0) is 11.7. The summed E-state index contributed by atoms with van der Waals surface area (Å²) in [5.74, 6) is 2.44. The van der Waals surface area contributed by atoms with Gasteiger partial charge in [0.1, 0.15) is 5.82 Å². The number of hydrogen-bond donors (Lipinski definition) is 2. The Morgan fingerprint density at radius 2 is 2.06 bits per heavy atom. The van der Waals surface area contributed by atoms with E-state index in [1.807, 2.05) is 49.7 Å². The molecule has 2 aromatic rings. The average Bonchev–Trinajstić information content (AvgIpc) is 2.76. The highest BCUT2D eigenvalue weighted by Crippen LogP contribution is 2.16. The molecule has 6 nitrogen and oxygen atoms in total. The van der Waals surface area contributed by atoms with Crippen LogP contribution in [0.4, 0.5) is 17.7 Å². The van der Waals surface area contributed by atoms with Gasteiger partial charge in [-0.2, -0.15) is 0 Å². The van der Waals surface area contributed by atoms with E-state index in [1.54, 1.807) is 0 Å². The van der Waals surface area contributed by atoms with Crippen LogP contribution in [-0.4, -0.2) is 33.8 Å². The highest BCUT2D eigenvalue weighted by Gasteiger charge is 2.10. The number of aryl methyl sites for hydroxylation is 1. The molecule has 0 aliphatic rings. The quantitative estimate of drug-likeness (QED) is 0.817. The second kappa shape index (κ2) is 3.88. The van der Waals surface area contributed by atoms with Crippen molar-refractivity contribution in [2.24, 2.45) is 7.05 Å². The number of anilines is 3. The first-order valence-electron chi connectivity index (χ1n) is 5.07. The van der Waals surface area contributed by atoms with E-state index < -0.39 is 0 Å².